The van der Waals surface area contributed by atoms with E-state index in [2.05, 4.69) is 32.0 Å². The number of rotatable bonds is 6. The van der Waals surface area contributed by atoms with Gasteiger partial charge in [0.25, 0.3) is 0 Å². The van der Waals surface area contributed by atoms with Gasteiger partial charge in [-0.1, -0.05) is 11.3 Å². The number of hydrogen-bond acceptors (Lipinski definition) is 7. The van der Waals surface area contributed by atoms with E-state index in [4.69, 9.17) is 5.26 Å². The number of anilines is 2. The lowest BCUT2D eigenvalue weighted by Gasteiger charge is -2.22. The normalized spacial score (nSPS) is 15.3. The van der Waals surface area contributed by atoms with Crippen LogP contribution < -0.4 is 16.0 Å². The van der Waals surface area contributed by atoms with Gasteiger partial charge in [0.1, 0.15) is 16.8 Å². The molecule has 0 aromatic carbocycles. The third-order valence-corrected chi connectivity index (χ3v) is 4.71. The fraction of sp³-hybridized carbons (Fsp3) is 0.438. The van der Waals surface area contributed by atoms with Crippen LogP contribution in [-0.4, -0.2) is 29.6 Å². The molecule has 0 unspecified atom stereocenters. The van der Waals surface area contributed by atoms with E-state index in [9.17, 15) is 0 Å². The minimum absolute atomic E-state index is 0.590. The topological polar surface area (TPSA) is 85.7 Å². The van der Waals surface area contributed by atoms with Crippen LogP contribution in [0.2, 0.25) is 0 Å². The van der Waals surface area contributed by atoms with Crippen molar-refractivity contribution in [3.63, 3.8) is 0 Å². The van der Waals surface area contributed by atoms with Gasteiger partial charge in [0.05, 0.1) is 6.20 Å². The molecule has 23 heavy (non-hydrogen) atoms. The molecule has 1 fully saturated rings. The Kier molecular flexibility index (Phi) is 5.53. The Labute approximate surface area is 140 Å². The van der Waals surface area contributed by atoms with E-state index in [-0.39, 0.29) is 0 Å². The van der Waals surface area contributed by atoms with Crippen molar-refractivity contribution in [2.24, 2.45) is 5.92 Å². The summed E-state index contributed by atoms with van der Waals surface area (Å²) in [7, 11) is 0. The van der Waals surface area contributed by atoms with Crippen LogP contribution in [0.4, 0.5) is 10.9 Å². The zero-order chi connectivity index (χ0) is 15.9. The summed E-state index contributed by atoms with van der Waals surface area (Å²) >= 11 is 1.33. The second kappa shape index (κ2) is 8.02. The largest absolute Gasteiger partial charge is 0.317 e. The summed E-state index contributed by atoms with van der Waals surface area (Å²) in [5.74, 6) is 1.53. The first-order chi connectivity index (χ1) is 11.3. The van der Waals surface area contributed by atoms with Crippen LogP contribution in [0.1, 0.15) is 23.3 Å². The summed E-state index contributed by atoms with van der Waals surface area (Å²) < 4.78 is 0. The Bertz CT molecular complexity index is 671. The number of piperidine rings is 1. The highest BCUT2D eigenvalue weighted by molar-refractivity contribution is 7.16. The van der Waals surface area contributed by atoms with Crippen molar-refractivity contribution in [2.75, 3.05) is 25.0 Å². The van der Waals surface area contributed by atoms with Crippen molar-refractivity contribution >= 4 is 22.3 Å². The second-order valence-electron chi connectivity index (χ2n) is 5.64. The molecule has 2 aromatic rings. The van der Waals surface area contributed by atoms with Crippen LogP contribution in [0, 0.1) is 17.2 Å². The molecular weight excluding hydrogens is 308 g/mol. The van der Waals surface area contributed by atoms with E-state index in [1.165, 1.54) is 29.7 Å². The highest BCUT2D eigenvalue weighted by atomic mass is 32.1. The molecule has 7 heteroatoms. The first-order valence-electron chi connectivity index (χ1n) is 7.83. The average molecular weight is 328 g/mol. The first kappa shape index (κ1) is 15.9. The summed E-state index contributed by atoms with van der Waals surface area (Å²) in [4.78, 5) is 9.05. The molecule has 0 spiro atoms. The van der Waals surface area contributed by atoms with Gasteiger partial charge >= 0.3 is 0 Å². The summed E-state index contributed by atoms with van der Waals surface area (Å²) in [5, 5.41) is 19.6. The zero-order valence-electron chi connectivity index (χ0n) is 12.9. The molecule has 1 aliphatic heterocycles. The smallest absolute Gasteiger partial charge is 0.189 e. The second-order valence-corrected chi connectivity index (χ2v) is 6.67. The molecule has 3 N–H and O–H groups in total. The molecule has 1 aliphatic rings. The van der Waals surface area contributed by atoms with Crippen LogP contribution in [0.5, 0.6) is 0 Å². The lowest BCUT2D eigenvalue weighted by atomic mass is 9.98. The number of thiazole rings is 1. The maximum atomic E-state index is 8.83. The van der Waals surface area contributed by atoms with Gasteiger partial charge in [0.15, 0.2) is 5.13 Å². The first-order valence-corrected chi connectivity index (χ1v) is 8.64. The van der Waals surface area contributed by atoms with Crippen LogP contribution >= 0.6 is 11.3 Å². The van der Waals surface area contributed by atoms with E-state index in [0.717, 1.165) is 37.9 Å². The van der Waals surface area contributed by atoms with E-state index < -0.39 is 0 Å². The molecule has 0 saturated carbocycles. The van der Waals surface area contributed by atoms with E-state index in [1.54, 1.807) is 12.4 Å². The van der Waals surface area contributed by atoms with Gasteiger partial charge in [0.2, 0.25) is 0 Å². The maximum absolute atomic E-state index is 8.83. The summed E-state index contributed by atoms with van der Waals surface area (Å²) in [5.41, 5.74) is 1.19. The molecule has 120 valence electrons. The van der Waals surface area contributed by atoms with E-state index in [1.807, 2.05) is 12.1 Å². The highest BCUT2D eigenvalue weighted by Gasteiger charge is 2.12. The van der Waals surface area contributed by atoms with Crippen molar-refractivity contribution in [1.82, 2.24) is 20.6 Å². The molecule has 0 atom stereocenters. The molecule has 1 saturated heterocycles. The third kappa shape index (κ3) is 4.73. The van der Waals surface area contributed by atoms with Gasteiger partial charge in [-0.2, -0.15) is 5.26 Å². The molecular formula is C16H20N6S. The van der Waals surface area contributed by atoms with Gasteiger partial charge in [0, 0.05) is 12.7 Å². The number of nitrogens with zero attached hydrogens (tertiary/aromatic N) is 3. The molecule has 6 nitrogen and oxygen atoms in total. The number of hydrogen-bond donors (Lipinski definition) is 3. The summed E-state index contributed by atoms with van der Waals surface area (Å²) in [6, 6.07) is 6.12. The Morgan fingerprint density at radius 1 is 1.35 bits per heavy atom. The van der Waals surface area contributed by atoms with Crippen molar-refractivity contribution in [3.05, 3.63) is 35.0 Å². The van der Waals surface area contributed by atoms with Crippen molar-refractivity contribution in [1.29, 1.82) is 5.26 Å². The molecule has 3 heterocycles. The van der Waals surface area contributed by atoms with E-state index >= 15 is 0 Å². The van der Waals surface area contributed by atoms with Crippen molar-refractivity contribution in [3.8, 4) is 6.07 Å². The molecule has 0 bridgehead atoms. The SMILES string of the molecule is N#Cc1cnc(Nc2cc(CNCC3CCNCC3)ccn2)s1. The fourth-order valence-corrected chi connectivity index (χ4v) is 3.27. The number of nitrogens with one attached hydrogen (secondary N) is 3. The van der Waals surface area contributed by atoms with E-state index in [0.29, 0.717) is 10.0 Å². The van der Waals surface area contributed by atoms with Gasteiger partial charge < -0.3 is 16.0 Å². The number of nitriles is 1. The zero-order valence-corrected chi connectivity index (χ0v) is 13.7. The van der Waals surface area contributed by atoms with Gasteiger partial charge in [-0.05, 0) is 56.1 Å². The lowest BCUT2D eigenvalue weighted by molar-refractivity contribution is 0.356. The van der Waals surface area contributed by atoms with Crippen molar-refractivity contribution < 1.29 is 0 Å². The predicted molar refractivity (Wildman–Crippen MR) is 91.6 cm³/mol. The van der Waals surface area contributed by atoms with Gasteiger partial charge in [-0.15, -0.1) is 0 Å². The number of aromatic nitrogens is 2. The highest BCUT2D eigenvalue weighted by Crippen LogP contribution is 2.21. The van der Waals surface area contributed by atoms with Crippen molar-refractivity contribution in [2.45, 2.75) is 19.4 Å². The lowest BCUT2D eigenvalue weighted by Crippen LogP contribution is -2.33. The van der Waals surface area contributed by atoms with Crippen LogP contribution in [-0.2, 0) is 6.54 Å². The monoisotopic (exact) mass is 328 g/mol. The van der Waals surface area contributed by atoms with Gasteiger partial charge in [-0.3, -0.25) is 0 Å². The minimum atomic E-state index is 0.590. The predicted octanol–water partition coefficient (Wildman–Crippen LogP) is 2.24. The van der Waals surface area contributed by atoms with Crippen LogP contribution in [0.25, 0.3) is 0 Å². The fourth-order valence-electron chi connectivity index (χ4n) is 2.65. The molecule has 3 rings (SSSR count). The maximum Gasteiger partial charge on any atom is 0.189 e. The van der Waals surface area contributed by atoms with Gasteiger partial charge in [-0.25, -0.2) is 9.97 Å². The Morgan fingerprint density at radius 2 is 2.22 bits per heavy atom. The summed E-state index contributed by atoms with van der Waals surface area (Å²) in [6.45, 7) is 4.16. The molecule has 0 amide bonds. The molecule has 0 radical (unpaired) electrons. The van der Waals surface area contributed by atoms with Crippen LogP contribution in [0.3, 0.4) is 0 Å². The minimum Gasteiger partial charge on any atom is -0.317 e. The Hall–Kier alpha value is -2.01. The average Bonchev–Trinajstić information content (AvgIpc) is 3.04. The number of pyridine rings is 1. The molecule has 2 aromatic heterocycles. The Morgan fingerprint density at radius 3 is 3.00 bits per heavy atom. The Balaban J connectivity index is 1.51. The standard InChI is InChI=1S/C16H20N6S/c17-8-14-11-21-16(23-14)22-15-7-13(3-6-20-15)10-19-9-12-1-4-18-5-2-12/h3,6-7,11-12,18-19H,1-2,4-5,9-10H2,(H,20,21,22). The summed E-state index contributed by atoms with van der Waals surface area (Å²) in [6.07, 6.45) is 5.86. The third-order valence-electron chi connectivity index (χ3n) is 3.90. The molecule has 0 aliphatic carbocycles. The quantitative estimate of drug-likeness (QED) is 0.754. The van der Waals surface area contributed by atoms with Crippen LogP contribution in [0.15, 0.2) is 24.5 Å².